The molecule has 0 spiro atoms. The molecule has 1 aliphatic heterocycles. The number of aliphatic hydroxyl groups is 1. The number of aliphatic hydroxyl groups excluding tert-OH is 1. The smallest absolute Gasteiger partial charge is 0.134 e. The minimum atomic E-state index is -3.26. The molecule has 0 bridgehead atoms. The zero-order valence-electron chi connectivity index (χ0n) is 10.5. The maximum Gasteiger partial charge on any atom is 0.134 e. The second-order valence-electron chi connectivity index (χ2n) is 4.37. The highest BCUT2D eigenvalue weighted by Crippen LogP contribution is 2.36. The van der Waals surface area contributed by atoms with Crippen LogP contribution in [0, 0.1) is 0 Å². The Morgan fingerprint density at radius 2 is 2.17 bits per heavy atom. The second kappa shape index (κ2) is 6.89. The summed E-state index contributed by atoms with van der Waals surface area (Å²) in [6.07, 6.45) is 4.22. The topological polar surface area (TPSA) is 79.2 Å². The molecule has 1 fully saturated rings. The van der Waals surface area contributed by atoms with Gasteiger partial charge < -0.3 is 24.4 Å². The molecule has 0 aliphatic carbocycles. The van der Waals surface area contributed by atoms with Gasteiger partial charge in [-0.3, -0.25) is 0 Å². The molecule has 1 heterocycles. The van der Waals surface area contributed by atoms with E-state index in [1.807, 2.05) is 6.92 Å². The van der Waals surface area contributed by atoms with Gasteiger partial charge in [-0.2, -0.15) is 0 Å². The third-order valence-corrected chi connectivity index (χ3v) is 3.28. The van der Waals surface area contributed by atoms with E-state index >= 15 is 0 Å². The van der Waals surface area contributed by atoms with Crippen molar-refractivity contribution >= 4 is 21.5 Å². The van der Waals surface area contributed by atoms with Gasteiger partial charge in [-0.15, -0.1) is 0 Å². The number of ether oxygens (including phenoxy) is 2. The first-order chi connectivity index (χ1) is 8.35. The molecule has 0 amide bonds. The predicted octanol–water partition coefficient (Wildman–Crippen LogP) is 0.204. The molecule has 0 aromatic carbocycles. The van der Waals surface area contributed by atoms with Crippen molar-refractivity contribution in [3.8, 4) is 0 Å². The molecule has 0 saturated carbocycles. The van der Waals surface area contributed by atoms with E-state index in [4.69, 9.17) is 27.1 Å². The first kappa shape index (κ1) is 16.0. The van der Waals surface area contributed by atoms with Crippen molar-refractivity contribution < 1.29 is 24.4 Å². The van der Waals surface area contributed by atoms with Gasteiger partial charge in [0, 0.05) is 12.6 Å². The fourth-order valence-corrected chi connectivity index (χ4v) is 2.11. The van der Waals surface area contributed by atoms with Crippen LogP contribution < -0.4 is 0 Å². The third-order valence-electron chi connectivity index (χ3n) is 2.63. The molecule has 1 unspecified atom stereocenters. The highest BCUT2D eigenvalue weighted by atomic mass is 31.2. The minimum absolute atomic E-state index is 0.512. The maximum absolute atomic E-state index is 9.96. The molecule has 18 heavy (non-hydrogen) atoms. The van der Waals surface area contributed by atoms with Gasteiger partial charge in [0.2, 0.25) is 0 Å². The zero-order valence-corrected chi connectivity index (χ0v) is 11.4. The van der Waals surface area contributed by atoms with E-state index in [1.54, 1.807) is 0 Å². The molecule has 2 radical (unpaired) electrons. The van der Waals surface area contributed by atoms with Crippen molar-refractivity contribution in [1.29, 1.82) is 0 Å². The van der Waals surface area contributed by atoms with E-state index < -0.39 is 31.7 Å². The minimum Gasteiger partial charge on any atom is -0.387 e. The van der Waals surface area contributed by atoms with Crippen molar-refractivity contribution in [1.82, 2.24) is 0 Å². The molecular weight excluding hydrogens is 254 g/mol. The van der Waals surface area contributed by atoms with Gasteiger partial charge >= 0.3 is 0 Å². The number of hydrogen-bond acceptors (Lipinski definition) is 5. The van der Waals surface area contributed by atoms with Gasteiger partial charge in [-0.1, -0.05) is 13.3 Å². The van der Waals surface area contributed by atoms with Crippen molar-refractivity contribution in [2.45, 2.75) is 44.1 Å². The van der Waals surface area contributed by atoms with Crippen LogP contribution >= 0.6 is 7.34 Å². The Morgan fingerprint density at radius 3 is 2.72 bits per heavy atom. The molecule has 102 valence electrons. The lowest BCUT2D eigenvalue weighted by atomic mass is 9.93. The first-order valence-electron chi connectivity index (χ1n) is 5.94. The summed E-state index contributed by atoms with van der Waals surface area (Å²) >= 11 is 0. The number of rotatable bonds is 6. The Labute approximate surface area is 109 Å². The van der Waals surface area contributed by atoms with Gasteiger partial charge in [-0.25, -0.2) is 0 Å². The standard InChI is InChI=1S/C11H20BO5P/c1-3-4-6-16-10-9(13)8(17-11(10)12)5-7-18(2,14)15/h5,7-11,13-15H,2-4,6H2,1H3/b7-5+/t8-,9+,10?,11-/m1/s1. The molecule has 1 aliphatic rings. The van der Waals surface area contributed by atoms with Gasteiger partial charge in [-0.05, 0) is 24.6 Å². The SMILES string of the molecule is [B][C@@H]1O[C@H](/C=C/P(=C)(O)O)[C@H](O)C1OCCCC. The van der Waals surface area contributed by atoms with Crippen LogP contribution in [0.3, 0.4) is 0 Å². The van der Waals surface area contributed by atoms with E-state index in [0.29, 0.717) is 6.61 Å². The average Bonchev–Trinajstić information content (AvgIpc) is 2.53. The Morgan fingerprint density at radius 1 is 1.50 bits per heavy atom. The Balaban J connectivity index is 2.55. The summed E-state index contributed by atoms with van der Waals surface area (Å²) in [5, 5.41) is 9.96. The molecule has 7 heteroatoms. The molecule has 3 N–H and O–H groups in total. The van der Waals surface area contributed by atoms with Gasteiger partial charge in [0.05, 0.1) is 0 Å². The van der Waals surface area contributed by atoms with Crippen LogP contribution in [-0.4, -0.2) is 60.0 Å². The van der Waals surface area contributed by atoms with E-state index in [9.17, 15) is 5.11 Å². The molecule has 4 atom stereocenters. The summed E-state index contributed by atoms with van der Waals surface area (Å²) in [4.78, 5) is 18.3. The van der Waals surface area contributed by atoms with E-state index in [1.165, 1.54) is 6.08 Å². The van der Waals surface area contributed by atoms with Crippen molar-refractivity contribution in [2.75, 3.05) is 6.61 Å². The van der Waals surface area contributed by atoms with Gasteiger partial charge in [0.25, 0.3) is 0 Å². The van der Waals surface area contributed by atoms with Crippen LogP contribution in [0.25, 0.3) is 0 Å². The van der Waals surface area contributed by atoms with E-state index in [2.05, 4.69) is 6.30 Å². The fourth-order valence-electron chi connectivity index (χ4n) is 1.66. The highest BCUT2D eigenvalue weighted by molar-refractivity contribution is 7.65. The summed E-state index contributed by atoms with van der Waals surface area (Å²) < 4.78 is 10.8. The van der Waals surface area contributed by atoms with Crippen molar-refractivity contribution in [2.24, 2.45) is 0 Å². The largest absolute Gasteiger partial charge is 0.387 e. The summed E-state index contributed by atoms with van der Waals surface area (Å²) in [5.74, 6) is 1.14. The highest BCUT2D eigenvalue weighted by Gasteiger charge is 2.40. The van der Waals surface area contributed by atoms with Crippen LogP contribution in [0.4, 0.5) is 0 Å². The number of unbranched alkanes of at least 4 members (excludes halogenated alkanes) is 1. The lowest BCUT2D eigenvalue weighted by Crippen LogP contribution is -2.35. The Kier molecular flexibility index (Phi) is 6.11. The maximum atomic E-state index is 9.96. The predicted molar refractivity (Wildman–Crippen MR) is 72.7 cm³/mol. The number of hydrogen-bond donors (Lipinski definition) is 3. The lowest BCUT2D eigenvalue weighted by Gasteiger charge is -2.18. The van der Waals surface area contributed by atoms with Crippen molar-refractivity contribution in [3.63, 3.8) is 0 Å². The van der Waals surface area contributed by atoms with Gasteiger partial charge in [0.15, 0.2) is 0 Å². The molecule has 0 aromatic rings. The molecule has 0 aromatic heterocycles. The normalized spacial score (nSPS) is 33.3. The van der Waals surface area contributed by atoms with Crippen LogP contribution in [-0.2, 0) is 9.47 Å². The second-order valence-corrected chi connectivity index (χ2v) is 6.24. The van der Waals surface area contributed by atoms with E-state index in [-0.39, 0.29) is 0 Å². The third kappa shape index (κ3) is 4.88. The molecule has 5 nitrogen and oxygen atoms in total. The van der Waals surface area contributed by atoms with Crippen LogP contribution in [0.5, 0.6) is 0 Å². The van der Waals surface area contributed by atoms with Crippen molar-refractivity contribution in [3.05, 3.63) is 11.9 Å². The quantitative estimate of drug-likeness (QED) is 0.366. The average molecular weight is 274 g/mol. The molecule has 1 rings (SSSR count). The first-order valence-corrected chi connectivity index (χ1v) is 7.88. The summed E-state index contributed by atoms with van der Waals surface area (Å²) in [6.45, 7) is 2.55. The molecular formula is C11H20BO5P. The van der Waals surface area contributed by atoms with Crippen LogP contribution in [0.1, 0.15) is 19.8 Å². The van der Waals surface area contributed by atoms with Crippen LogP contribution in [0.2, 0.25) is 0 Å². The zero-order chi connectivity index (χ0) is 13.8. The summed E-state index contributed by atoms with van der Waals surface area (Å²) in [7, 11) is 2.45. The monoisotopic (exact) mass is 274 g/mol. The summed E-state index contributed by atoms with van der Waals surface area (Å²) in [5.41, 5.74) is 0. The van der Waals surface area contributed by atoms with E-state index in [0.717, 1.165) is 18.7 Å². The van der Waals surface area contributed by atoms with Gasteiger partial charge in [0.1, 0.15) is 33.5 Å². The van der Waals surface area contributed by atoms with Crippen LogP contribution in [0.15, 0.2) is 11.9 Å². The lowest BCUT2D eigenvalue weighted by molar-refractivity contribution is -0.0203. The summed E-state index contributed by atoms with van der Waals surface area (Å²) in [6, 6.07) is -0.721. The Bertz CT molecular complexity index is 329. The molecule has 1 saturated heterocycles. The fraction of sp³-hybridized carbons (Fsp3) is 0.727. The Hall–Kier alpha value is -0.0951.